The minimum Gasteiger partial charge on any atom is -0.342 e. The Morgan fingerprint density at radius 2 is 2.06 bits per heavy atom. The molecule has 1 heterocycles. The predicted octanol–water partition coefficient (Wildman–Crippen LogP) is 2.36. The maximum Gasteiger partial charge on any atom is 0.106 e. The topological polar surface area (TPSA) is 54.7 Å². The fourth-order valence-electron chi connectivity index (χ4n) is 1.62. The smallest absolute Gasteiger partial charge is 0.106 e. The molecule has 84 valence electrons. The van der Waals surface area contributed by atoms with Crippen molar-refractivity contribution in [2.45, 2.75) is 25.8 Å². The van der Waals surface area contributed by atoms with Gasteiger partial charge in [-0.1, -0.05) is 30.3 Å². The number of aryl methyl sites for hydroxylation is 1. The Balaban J connectivity index is 2.08. The number of aromatic amines is 1. The molecule has 1 aromatic carbocycles. The minimum atomic E-state index is 0.227. The Morgan fingerprint density at radius 1 is 1.31 bits per heavy atom. The van der Waals surface area contributed by atoms with Crippen molar-refractivity contribution in [3.63, 3.8) is 0 Å². The van der Waals surface area contributed by atoms with Crippen molar-refractivity contribution in [3.05, 3.63) is 42.4 Å². The van der Waals surface area contributed by atoms with Gasteiger partial charge in [-0.15, -0.1) is 0 Å². The lowest BCUT2D eigenvalue weighted by Gasteiger charge is -2.01. The molecule has 0 fully saturated rings. The van der Waals surface area contributed by atoms with Crippen LogP contribution >= 0.6 is 0 Å². The number of hydrogen-bond donors (Lipinski definition) is 2. The van der Waals surface area contributed by atoms with Crippen molar-refractivity contribution in [3.8, 4) is 11.3 Å². The van der Waals surface area contributed by atoms with E-state index >= 15 is 0 Å². The van der Waals surface area contributed by atoms with Crippen molar-refractivity contribution >= 4 is 0 Å². The summed E-state index contributed by atoms with van der Waals surface area (Å²) in [4.78, 5) is 7.67. The first-order chi connectivity index (χ1) is 7.75. The normalized spacial score (nSPS) is 12.6. The van der Waals surface area contributed by atoms with Crippen LogP contribution < -0.4 is 5.73 Å². The number of benzene rings is 1. The van der Waals surface area contributed by atoms with Gasteiger partial charge in [0.05, 0.1) is 11.9 Å². The van der Waals surface area contributed by atoms with E-state index in [0.29, 0.717) is 0 Å². The van der Waals surface area contributed by atoms with Gasteiger partial charge < -0.3 is 10.7 Å². The molecule has 1 atom stereocenters. The average molecular weight is 215 g/mol. The Labute approximate surface area is 95.7 Å². The van der Waals surface area contributed by atoms with Gasteiger partial charge in [-0.05, 0) is 18.9 Å². The molecule has 1 aromatic heterocycles. The number of H-pyrrole nitrogens is 1. The number of rotatable bonds is 4. The summed E-state index contributed by atoms with van der Waals surface area (Å²) in [5.41, 5.74) is 7.95. The molecule has 2 aromatic rings. The fourth-order valence-corrected chi connectivity index (χ4v) is 1.62. The highest BCUT2D eigenvalue weighted by Gasteiger charge is 2.03. The standard InChI is InChI=1S/C13H17N3/c1-10(14)7-8-13-15-9-12(16-13)11-5-3-2-4-6-11/h2-6,9-10H,7-8,14H2,1H3,(H,15,16). The summed E-state index contributed by atoms with van der Waals surface area (Å²) >= 11 is 0. The van der Waals surface area contributed by atoms with Gasteiger partial charge in [0, 0.05) is 12.5 Å². The zero-order valence-electron chi connectivity index (χ0n) is 9.48. The van der Waals surface area contributed by atoms with E-state index < -0.39 is 0 Å². The van der Waals surface area contributed by atoms with E-state index in [1.165, 1.54) is 5.56 Å². The van der Waals surface area contributed by atoms with Crippen LogP contribution in [0.15, 0.2) is 36.5 Å². The first-order valence-corrected chi connectivity index (χ1v) is 5.60. The summed E-state index contributed by atoms with van der Waals surface area (Å²) in [6.45, 7) is 2.01. The summed E-state index contributed by atoms with van der Waals surface area (Å²) in [5.74, 6) is 1.01. The number of imidazole rings is 1. The van der Waals surface area contributed by atoms with E-state index in [1.54, 1.807) is 0 Å². The molecule has 0 aliphatic rings. The van der Waals surface area contributed by atoms with Crippen LogP contribution in [0.25, 0.3) is 11.3 Å². The summed E-state index contributed by atoms with van der Waals surface area (Å²) < 4.78 is 0. The zero-order valence-corrected chi connectivity index (χ0v) is 9.48. The van der Waals surface area contributed by atoms with Gasteiger partial charge in [-0.3, -0.25) is 0 Å². The predicted molar refractivity (Wildman–Crippen MR) is 66.0 cm³/mol. The van der Waals surface area contributed by atoms with E-state index in [2.05, 4.69) is 22.1 Å². The van der Waals surface area contributed by atoms with Gasteiger partial charge in [0.2, 0.25) is 0 Å². The molecule has 0 saturated heterocycles. The molecule has 0 bridgehead atoms. The molecule has 1 unspecified atom stereocenters. The molecule has 0 spiro atoms. The van der Waals surface area contributed by atoms with Crippen molar-refractivity contribution in [2.24, 2.45) is 5.73 Å². The molecule has 0 radical (unpaired) electrons. The molecule has 0 aliphatic heterocycles. The van der Waals surface area contributed by atoms with Crippen LogP contribution in [0, 0.1) is 0 Å². The van der Waals surface area contributed by atoms with Crippen LogP contribution in [0.1, 0.15) is 19.2 Å². The van der Waals surface area contributed by atoms with Crippen LogP contribution in [0.3, 0.4) is 0 Å². The molecule has 0 saturated carbocycles. The fraction of sp³-hybridized carbons (Fsp3) is 0.308. The van der Waals surface area contributed by atoms with E-state index in [0.717, 1.165) is 24.4 Å². The van der Waals surface area contributed by atoms with Crippen molar-refractivity contribution in [1.29, 1.82) is 0 Å². The summed E-state index contributed by atoms with van der Waals surface area (Å²) in [6, 6.07) is 10.4. The van der Waals surface area contributed by atoms with Gasteiger partial charge in [-0.2, -0.15) is 0 Å². The van der Waals surface area contributed by atoms with Crippen LogP contribution in [0.2, 0.25) is 0 Å². The van der Waals surface area contributed by atoms with Crippen LogP contribution in [0.5, 0.6) is 0 Å². The lowest BCUT2D eigenvalue weighted by atomic mass is 10.2. The van der Waals surface area contributed by atoms with Gasteiger partial charge >= 0.3 is 0 Å². The molecule has 3 nitrogen and oxygen atoms in total. The summed E-state index contributed by atoms with van der Waals surface area (Å²) in [5, 5.41) is 0. The van der Waals surface area contributed by atoms with Gasteiger partial charge in [0.25, 0.3) is 0 Å². The third-order valence-electron chi connectivity index (χ3n) is 2.55. The average Bonchev–Trinajstić information content (AvgIpc) is 2.76. The second-order valence-electron chi connectivity index (χ2n) is 4.13. The zero-order chi connectivity index (χ0) is 11.4. The Kier molecular flexibility index (Phi) is 3.37. The van der Waals surface area contributed by atoms with Crippen LogP contribution in [0.4, 0.5) is 0 Å². The minimum absolute atomic E-state index is 0.227. The number of hydrogen-bond acceptors (Lipinski definition) is 2. The molecule has 0 amide bonds. The molecule has 3 heteroatoms. The van der Waals surface area contributed by atoms with Gasteiger partial charge in [-0.25, -0.2) is 4.98 Å². The SMILES string of the molecule is CC(N)CCc1ncc(-c2ccccc2)[nH]1. The summed E-state index contributed by atoms with van der Waals surface area (Å²) in [6.07, 6.45) is 3.75. The lowest BCUT2D eigenvalue weighted by Crippen LogP contribution is -2.15. The number of aromatic nitrogens is 2. The number of nitrogens with one attached hydrogen (secondary N) is 1. The second kappa shape index (κ2) is 4.94. The van der Waals surface area contributed by atoms with E-state index in [-0.39, 0.29) is 6.04 Å². The molecule has 2 rings (SSSR count). The van der Waals surface area contributed by atoms with E-state index in [1.807, 2.05) is 31.3 Å². The Morgan fingerprint density at radius 3 is 2.75 bits per heavy atom. The molecule has 16 heavy (non-hydrogen) atoms. The van der Waals surface area contributed by atoms with Crippen molar-refractivity contribution in [1.82, 2.24) is 9.97 Å². The third kappa shape index (κ3) is 2.70. The van der Waals surface area contributed by atoms with Crippen molar-refractivity contribution < 1.29 is 0 Å². The highest BCUT2D eigenvalue weighted by Crippen LogP contribution is 2.16. The monoisotopic (exact) mass is 215 g/mol. The quantitative estimate of drug-likeness (QED) is 0.822. The Hall–Kier alpha value is -1.61. The first kappa shape index (κ1) is 10.9. The summed E-state index contributed by atoms with van der Waals surface area (Å²) in [7, 11) is 0. The molecule has 0 aliphatic carbocycles. The maximum absolute atomic E-state index is 5.72. The maximum atomic E-state index is 5.72. The van der Waals surface area contributed by atoms with Gasteiger partial charge in [0.15, 0.2) is 0 Å². The molecule has 3 N–H and O–H groups in total. The first-order valence-electron chi connectivity index (χ1n) is 5.60. The van der Waals surface area contributed by atoms with Crippen LogP contribution in [-0.2, 0) is 6.42 Å². The van der Waals surface area contributed by atoms with E-state index in [4.69, 9.17) is 5.73 Å². The lowest BCUT2D eigenvalue weighted by molar-refractivity contribution is 0.652. The van der Waals surface area contributed by atoms with Crippen LogP contribution in [-0.4, -0.2) is 16.0 Å². The second-order valence-corrected chi connectivity index (χ2v) is 4.13. The number of nitrogens with zero attached hydrogens (tertiary/aromatic N) is 1. The third-order valence-corrected chi connectivity index (χ3v) is 2.55. The van der Waals surface area contributed by atoms with Crippen molar-refractivity contribution in [2.75, 3.05) is 0 Å². The van der Waals surface area contributed by atoms with E-state index in [9.17, 15) is 0 Å². The molecular weight excluding hydrogens is 198 g/mol. The highest BCUT2D eigenvalue weighted by atomic mass is 14.9. The largest absolute Gasteiger partial charge is 0.342 e. The highest BCUT2D eigenvalue weighted by molar-refractivity contribution is 5.57. The molecular formula is C13H17N3. The Bertz CT molecular complexity index is 431. The number of nitrogens with two attached hydrogens (primary N) is 1. The van der Waals surface area contributed by atoms with Gasteiger partial charge in [0.1, 0.15) is 5.82 Å².